The maximum Gasteiger partial charge on any atom is 0.337 e. The van der Waals surface area contributed by atoms with Gasteiger partial charge in [0.15, 0.2) is 29.2 Å². The number of aliphatic hydroxyl groups excluding tert-OH is 1. The highest BCUT2D eigenvalue weighted by Gasteiger charge is 2.32. The minimum absolute atomic E-state index is 0.152. The van der Waals surface area contributed by atoms with Crippen LogP contribution in [0.2, 0.25) is 0 Å². The molecule has 220 valence electrons. The number of rotatable bonds is 14. The Hall–Kier alpha value is -4.71. The van der Waals surface area contributed by atoms with E-state index in [1.807, 2.05) is 13.0 Å². The fourth-order valence-electron chi connectivity index (χ4n) is 4.27. The van der Waals surface area contributed by atoms with Crippen LogP contribution < -0.4 is 35.0 Å². The van der Waals surface area contributed by atoms with E-state index in [4.69, 9.17) is 23.7 Å². The summed E-state index contributed by atoms with van der Waals surface area (Å²) in [6.07, 6.45) is 2.74. The zero-order valence-electron chi connectivity index (χ0n) is 23.8. The van der Waals surface area contributed by atoms with Gasteiger partial charge in [0, 0.05) is 11.3 Å². The molecule has 3 rings (SSSR count). The number of benzene rings is 2. The first-order chi connectivity index (χ1) is 19.8. The highest BCUT2D eigenvalue weighted by atomic mass is 16.5. The lowest BCUT2D eigenvalue weighted by atomic mass is 9.95. The molecule has 0 saturated heterocycles. The first kappa shape index (κ1) is 30.8. The van der Waals surface area contributed by atoms with Crippen LogP contribution in [0.1, 0.15) is 36.6 Å². The van der Waals surface area contributed by atoms with Crippen molar-refractivity contribution in [1.82, 2.24) is 16.1 Å². The van der Waals surface area contributed by atoms with Gasteiger partial charge in [0.25, 0.3) is 0 Å². The molecule has 0 fully saturated rings. The van der Waals surface area contributed by atoms with Gasteiger partial charge in [-0.1, -0.05) is 12.1 Å². The number of hydrogen-bond acceptors (Lipinski definition) is 10. The smallest absolute Gasteiger partial charge is 0.337 e. The Balaban J connectivity index is 1.71. The van der Waals surface area contributed by atoms with E-state index in [9.17, 15) is 14.7 Å². The molecule has 0 radical (unpaired) electrons. The minimum atomic E-state index is -1.14. The number of methoxy groups -OCH3 is 3. The summed E-state index contributed by atoms with van der Waals surface area (Å²) < 4.78 is 27.3. The van der Waals surface area contributed by atoms with Crippen LogP contribution in [0.15, 0.2) is 59.4 Å². The monoisotopic (exact) mass is 568 g/mol. The molecule has 0 spiro atoms. The number of hydrogen-bond donors (Lipinski definition) is 4. The molecular formula is C29H36N4O8. The van der Waals surface area contributed by atoms with Gasteiger partial charge in [-0.25, -0.2) is 9.59 Å². The lowest BCUT2D eigenvalue weighted by molar-refractivity contribution is -0.136. The molecule has 1 aliphatic heterocycles. The molecule has 41 heavy (non-hydrogen) atoms. The Morgan fingerprint density at radius 3 is 2.59 bits per heavy atom. The van der Waals surface area contributed by atoms with E-state index >= 15 is 0 Å². The fourth-order valence-corrected chi connectivity index (χ4v) is 4.27. The number of carbonyl (C=O) groups is 2. The van der Waals surface area contributed by atoms with E-state index in [-0.39, 0.29) is 12.2 Å². The average molecular weight is 569 g/mol. The van der Waals surface area contributed by atoms with Crippen LogP contribution in [0, 0.1) is 0 Å². The second-order valence-electron chi connectivity index (χ2n) is 8.82. The number of ether oxygens (including phenoxy) is 5. The van der Waals surface area contributed by atoms with Crippen LogP contribution >= 0.6 is 0 Å². The molecule has 2 atom stereocenters. The Morgan fingerprint density at radius 1 is 1.15 bits per heavy atom. The van der Waals surface area contributed by atoms with Crippen LogP contribution in [0.3, 0.4) is 0 Å². The minimum Gasteiger partial charge on any atom is -0.493 e. The van der Waals surface area contributed by atoms with Gasteiger partial charge in [-0.2, -0.15) is 5.10 Å². The largest absolute Gasteiger partial charge is 0.493 e. The topological polar surface area (TPSA) is 149 Å². The summed E-state index contributed by atoms with van der Waals surface area (Å²) in [6.45, 7) is 7.40. The van der Waals surface area contributed by atoms with Gasteiger partial charge in [-0.3, -0.25) is 5.43 Å². The molecule has 0 aliphatic carbocycles. The molecule has 4 N–H and O–H groups in total. The van der Waals surface area contributed by atoms with Crippen molar-refractivity contribution in [1.29, 1.82) is 0 Å². The van der Waals surface area contributed by atoms with Gasteiger partial charge in [-0.05, 0) is 55.7 Å². The number of aliphatic hydroxyl groups is 1. The van der Waals surface area contributed by atoms with Crippen molar-refractivity contribution in [3.8, 4) is 23.0 Å². The maximum absolute atomic E-state index is 12.4. The molecular weight excluding hydrogens is 532 g/mol. The number of esters is 1. The summed E-state index contributed by atoms with van der Waals surface area (Å²) in [7, 11) is 4.40. The van der Waals surface area contributed by atoms with Crippen molar-refractivity contribution in [2.24, 2.45) is 5.10 Å². The van der Waals surface area contributed by atoms with Gasteiger partial charge >= 0.3 is 12.0 Å². The third kappa shape index (κ3) is 7.70. The average Bonchev–Trinajstić information content (AvgIpc) is 2.95. The predicted octanol–water partition coefficient (Wildman–Crippen LogP) is 2.95. The normalized spacial score (nSPS) is 15.5. The summed E-state index contributed by atoms with van der Waals surface area (Å²) in [4.78, 5) is 24.5. The number of nitrogens with zero attached hydrogens (tertiary/aromatic N) is 1. The van der Waals surface area contributed by atoms with Gasteiger partial charge in [-0.15, -0.1) is 6.58 Å². The number of allylic oxidation sites excluding steroid dienone is 2. The van der Waals surface area contributed by atoms with Gasteiger partial charge in [0.1, 0.15) is 6.61 Å². The van der Waals surface area contributed by atoms with E-state index < -0.39 is 24.3 Å². The van der Waals surface area contributed by atoms with Crippen molar-refractivity contribution in [3.63, 3.8) is 0 Å². The third-order valence-electron chi connectivity index (χ3n) is 6.05. The van der Waals surface area contributed by atoms with E-state index in [2.05, 4.69) is 27.7 Å². The second-order valence-corrected chi connectivity index (χ2v) is 8.82. The van der Waals surface area contributed by atoms with Crippen molar-refractivity contribution < 1.29 is 38.4 Å². The van der Waals surface area contributed by atoms with Crippen LogP contribution in [-0.2, 0) is 16.0 Å². The van der Waals surface area contributed by atoms with E-state index in [0.29, 0.717) is 47.3 Å². The number of urea groups is 1. The summed E-state index contributed by atoms with van der Waals surface area (Å²) >= 11 is 0. The standard InChI is InChI=1S/C29H36N4O8/c1-7-9-20-12-18(13-23(37-4)27(20)38-5)15-30-33-24(34)16-41-21-11-10-19(14-22(21)40-8-2)26-25(28(35)39-6)17(3)31-29(36)32-26/h7,10-15,24,26,33-34H,1,8-9,16H2,2-6H3,(H2,31,32,36)/b30-15-/t24-,26+/m1/s1. The van der Waals surface area contributed by atoms with E-state index in [1.54, 1.807) is 57.7 Å². The highest BCUT2D eigenvalue weighted by Crippen LogP contribution is 2.35. The summed E-state index contributed by atoms with van der Waals surface area (Å²) in [6, 6.07) is 7.46. The van der Waals surface area contributed by atoms with Crippen molar-refractivity contribution in [2.45, 2.75) is 32.5 Å². The lowest BCUT2D eigenvalue weighted by Gasteiger charge is -2.28. The molecule has 1 heterocycles. The lowest BCUT2D eigenvalue weighted by Crippen LogP contribution is -2.45. The molecule has 0 aromatic heterocycles. The molecule has 2 aromatic rings. The van der Waals surface area contributed by atoms with Crippen molar-refractivity contribution in [3.05, 3.63) is 70.9 Å². The van der Waals surface area contributed by atoms with Crippen LogP contribution in [0.25, 0.3) is 0 Å². The molecule has 12 nitrogen and oxygen atoms in total. The summed E-state index contributed by atoms with van der Waals surface area (Å²) in [5.74, 6) is 1.33. The van der Waals surface area contributed by atoms with Gasteiger partial charge in [0.05, 0.1) is 45.8 Å². The Bertz CT molecular complexity index is 1320. The van der Waals surface area contributed by atoms with Crippen molar-refractivity contribution in [2.75, 3.05) is 34.5 Å². The predicted molar refractivity (Wildman–Crippen MR) is 152 cm³/mol. The fraction of sp³-hybridized carbons (Fsp3) is 0.345. The molecule has 12 heteroatoms. The maximum atomic E-state index is 12.4. The molecule has 0 bridgehead atoms. The Kier molecular flexibility index (Phi) is 11.0. The summed E-state index contributed by atoms with van der Waals surface area (Å²) in [5, 5.41) is 19.8. The molecule has 1 aliphatic rings. The van der Waals surface area contributed by atoms with Crippen LogP contribution in [0.5, 0.6) is 23.0 Å². The Morgan fingerprint density at radius 2 is 1.93 bits per heavy atom. The van der Waals surface area contributed by atoms with Gasteiger partial charge in [0.2, 0.25) is 0 Å². The Labute approximate surface area is 239 Å². The second kappa shape index (κ2) is 14.6. The number of carbonyl (C=O) groups excluding carboxylic acids is 2. The van der Waals surface area contributed by atoms with Crippen LogP contribution in [-0.4, -0.2) is 64.1 Å². The van der Waals surface area contributed by atoms with E-state index in [1.165, 1.54) is 7.11 Å². The quantitative estimate of drug-likeness (QED) is 0.0887. The first-order valence-electron chi connectivity index (χ1n) is 12.8. The molecule has 0 unspecified atom stereocenters. The highest BCUT2D eigenvalue weighted by molar-refractivity contribution is 5.95. The molecule has 0 saturated carbocycles. The number of amides is 2. The molecule has 2 amide bonds. The SMILES string of the molecule is C=CCc1cc(/C=N\N[C@H](O)COc2ccc([C@@H]3NC(=O)NC(C)=C3C(=O)OC)cc2OCC)cc(OC)c1OC. The number of nitrogens with one attached hydrogen (secondary N) is 3. The summed E-state index contributed by atoms with van der Waals surface area (Å²) in [5.41, 5.74) is 5.49. The van der Waals surface area contributed by atoms with Crippen molar-refractivity contribution >= 4 is 18.2 Å². The number of hydrazone groups is 1. The van der Waals surface area contributed by atoms with Crippen LogP contribution in [0.4, 0.5) is 4.79 Å². The first-order valence-corrected chi connectivity index (χ1v) is 12.8. The zero-order valence-corrected chi connectivity index (χ0v) is 23.8. The third-order valence-corrected chi connectivity index (χ3v) is 6.05. The van der Waals surface area contributed by atoms with E-state index in [0.717, 1.165) is 11.1 Å². The molecule has 2 aromatic carbocycles. The zero-order chi connectivity index (χ0) is 29.9. The van der Waals surface area contributed by atoms with Gasteiger partial charge < -0.3 is 39.4 Å².